The Kier molecular flexibility index (Phi) is 7.70. The summed E-state index contributed by atoms with van der Waals surface area (Å²) in [5.74, 6) is -0.0138. The number of nitrogens with one attached hydrogen (secondary N) is 1. The van der Waals surface area contributed by atoms with Crippen molar-refractivity contribution in [1.29, 1.82) is 0 Å². The molecule has 1 saturated heterocycles. The van der Waals surface area contributed by atoms with Gasteiger partial charge in [-0.15, -0.1) is 0 Å². The first-order valence-corrected chi connectivity index (χ1v) is 11.9. The lowest BCUT2D eigenvalue weighted by atomic mass is 10.1. The molecular weight excluding hydrogens is 528 g/mol. The number of rotatable bonds is 8. The number of carbonyl (C=O) groups is 3. The number of halogens is 1. The fourth-order valence-electron chi connectivity index (χ4n) is 3.62. The number of carbonyl (C=O) groups excluding carboxylic acids is 3. The smallest absolute Gasteiger partial charge is 0.335 e. The highest BCUT2D eigenvalue weighted by Gasteiger charge is 2.37. The van der Waals surface area contributed by atoms with Gasteiger partial charge < -0.3 is 14.2 Å². The number of urea groups is 1. The van der Waals surface area contributed by atoms with Crippen LogP contribution >= 0.6 is 15.9 Å². The molecule has 0 spiro atoms. The van der Waals surface area contributed by atoms with Gasteiger partial charge in [0.2, 0.25) is 0 Å². The molecule has 3 aromatic rings. The molecule has 1 aliphatic rings. The van der Waals surface area contributed by atoms with Crippen molar-refractivity contribution in [2.24, 2.45) is 0 Å². The van der Waals surface area contributed by atoms with Crippen molar-refractivity contribution in [3.05, 3.63) is 87.9 Å². The summed E-state index contributed by atoms with van der Waals surface area (Å²) < 4.78 is 17.3. The lowest BCUT2D eigenvalue weighted by Crippen LogP contribution is -2.54. The third-order valence-corrected chi connectivity index (χ3v) is 5.88. The van der Waals surface area contributed by atoms with Gasteiger partial charge in [0.1, 0.15) is 17.9 Å². The number of imide groups is 2. The van der Waals surface area contributed by atoms with Crippen LogP contribution in [0.4, 0.5) is 10.5 Å². The third-order valence-electron chi connectivity index (χ3n) is 5.29. The SMILES string of the molecule is CCOc1cc(/C=C2\C(=O)NC(=O)N(c3ccc(OCc4ccccc4)cc3)C2=O)cc(Br)c1OC. The number of nitrogens with zero attached hydrogens (tertiary/aromatic N) is 1. The average molecular weight is 551 g/mol. The van der Waals surface area contributed by atoms with Crippen LogP contribution in [0.5, 0.6) is 17.2 Å². The van der Waals surface area contributed by atoms with Gasteiger partial charge in [0, 0.05) is 0 Å². The predicted octanol–water partition coefficient (Wildman–Crippen LogP) is 5.10. The zero-order valence-corrected chi connectivity index (χ0v) is 21.2. The van der Waals surface area contributed by atoms with E-state index in [1.165, 1.54) is 13.2 Å². The molecule has 1 fully saturated rings. The van der Waals surface area contributed by atoms with E-state index < -0.39 is 17.8 Å². The van der Waals surface area contributed by atoms with Gasteiger partial charge in [0.25, 0.3) is 11.8 Å². The van der Waals surface area contributed by atoms with Crippen LogP contribution in [-0.4, -0.2) is 31.6 Å². The van der Waals surface area contributed by atoms with Gasteiger partial charge in [-0.05, 0) is 76.5 Å². The molecule has 4 amide bonds. The van der Waals surface area contributed by atoms with E-state index in [1.54, 1.807) is 36.4 Å². The van der Waals surface area contributed by atoms with E-state index in [2.05, 4.69) is 21.2 Å². The largest absolute Gasteiger partial charge is 0.492 e. The number of benzene rings is 3. The van der Waals surface area contributed by atoms with Crippen LogP contribution < -0.4 is 24.4 Å². The summed E-state index contributed by atoms with van der Waals surface area (Å²) in [5, 5.41) is 2.23. The summed E-state index contributed by atoms with van der Waals surface area (Å²) in [6.07, 6.45) is 1.40. The maximum Gasteiger partial charge on any atom is 0.335 e. The summed E-state index contributed by atoms with van der Waals surface area (Å²) in [4.78, 5) is 39.3. The Hall–Kier alpha value is -4.11. The minimum atomic E-state index is -0.828. The van der Waals surface area contributed by atoms with Crippen molar-refractivity contribution in [2.75, 3.05) is 18.6 Å². The zero-order chi connectivity index (χ0) is 25.7. The van der Waals surface area contributed by atoms with E-state index in [9.17, 15) is 14.4 Å². The van der Waals surface area contributed by atoms with Crippen molar-refractivity contribution in [2.45, 2.75) is 13.5 Å². The number of amides is 4. The molecule has 1 aliphatic heterocycles. The molecule has 36 heavy (non-hydrogen) atoms. The fourth-order valence-corrected chi connectivity index (χ4v) is 4.24. The Morgan fingerprint density at radius 1 is 0.972 bits per heavy atom. The minimum Gasteiger partial charge on any atom is -0.492 e. The van der Waals surface area contributed by atoms with E-state index in [1.807, 2.05) is 37.3 Å². The lowest BCUT2D eigenvalue weighted by molar-refractivity contribution is -0.122. The molecule has 8 nitrogen and oxygen atoms in total. The van der Waals surface area contributed by atoms with Crippen molar-refractivity contribution in [3.8, 4) is 17.2 Å². The Balaban J connectivity index is 1.58. The molecular formula is C27H23BrN2O6. The zero-order valence-electron chi connectivity index (χ0n) is 19.6. The van der Waals surface area contributed by atoms with Crippen molar-refractivity contribution in [3.63, 3.8) is 0 Å². The van der Waals surface area contributed by atoms with Gasteiger partial charge in [-0.2, -0.15) is 0 Å². The first kappa shape index (κ1) is 25.0. The van der Waals surface area contributed by atoms with Crippen LogP contribution in [0, 0.1) is 0 Å². The Morgan fingerprint density at radius 3 is 2.36 bits per heavy atom. The highest BCUT2D eigenvalue weighted by atomic mass is 79.9. The first-order valence-electron chi connectivity index (χ1n) is 11.1. The highest BCUT2D eigenvalue weighted by molar-refractivity contribution is 9.10. The van der Waals surface area contributed by atoms with Crippen LogP contribution in [0.15, 0.2) is 76.8 Å². The maximum atomic E-state index is 13.2. The van der Waals surface area contributed by atoms with Crippen LogP contribution in [0.3, 0.4) is 0 Å². The molecule has 0 aromatic heterocycles. The van der Waals surface area contributed by atoms with Gasteiger partial charge in [0.15, 0.2) is 11.5 Å². The van der Waals surface area contributed by atoms with E-state index in [-0.39, 0.29) is 5.57 Å². The molecule has 0 unspecified atom stereocenters. The monoisotopic (exact) mass is 550 g/mol. The molecule has 0 bridgehead atoms. The van der Waals surface area contributed by atoms with Gasteiger partial charge in [-0.1, -0.05) is 30.3 Å². The standard InChI is InChI=1S/C27H23BrN2O6/c1-3-35-23-15-18(14-22(28)24(23)34-2)13-21-25(31)29-27(33)30(26(21)32)19-9-11-20(12-10-19)36-16-17-7-5-4-6-8-17/h4-15H,3,16H2,1-2H3,(H,29,31,33)/b21-13+. The number of anilines is 1. The number of methoxy groups -OCH3 is 1. The number of hydrogen-bond acceptors (Lipinski definition) is 6. The van der Waals surface area contributed by atoms with Gasteiger partial charge in [-0.25, -0.2) is 9.69 Å². The molecule has 0 aliphatic carbocycles. The van der Waals surface area contributed by atoms with Gasteiger partial charge in [0.05, 0.1) is 23.9 Å². The molecule has 0 saturated carbocycles. The second-order valence-electron chi connectivity index (χ2n) is 7.69. The second kappa shape index (κ2) is 11.1. The van der Waals surface area contributed by atoms with E-state index >= 15 is 0 Å². The number of hydrogen-bond donors (Lipinski definition) is 1. The fraction of sp³-hybridized carbons (Fsp3) is 0.148. The molecule has 4 rings (SSSR count). The maximum absolute atomic E-state index is 13.2. The molecule has 184 valence electrons. The van der Waals surface area contributed by atoms with Gasteiger partial charge >= 0.3 is 6.03 Å². The average Bonchev–Trinajstić information content (AvgIpc) is 2.87. The predicted molar refractivity (Wildman–Crippen MR) is 138 cm³/mol. The van der Waals surface area contributed by atoms with Crippen LogP contribution in [0.1, 0.15) is 18.1 Å². The summed E-state index contributed by atoms with van der Waals surface area (Å²) in [6, 6.07) is 18.7. The van der Waals surface area contributed by atoms with Crippen LogP contribution in [0.2, 0.25) is 0 Å². The van der Waals surface area contributed by atoms with Crippen LogP contribution in [-0.2, 0) is 16.2 Å². The molecule has 0 atom stereocenters. The first-order chi connectivity index (χ1) is 17.4. The van der Waals surface area contributed by atoms with Gasteiger partial charge in [-0.3, -0.25) is 14.9 Å². The Labute approximate surface area is 216 Å². The topological polar surface area (TPSA) is 94.2 Å². The molecule has 9 heteroatoms. The van der Waals surface area contributed by atoms with E-state index in [4.69, 9.17) is 14.2 Å². The molecule has 3 aromatic carbocycles. The van der Waals surface area contributed by atoms with Crippen molar-refractivity contribution < 1.29 is 28.6 Å². The molecule has 0 radical (unpaired) electrons. The highest BCUT2D eigenvalue weighted by Crippen LogP contribution is 2.37. The minimum absolute atomic E-state index is 0.196. The normalized spacial score (nSPS) is 14.6. The molecule has 1 heterocycles. The van der Waals surface area contributed by atoms with Crippen LogP contribution in [0.25, 0.3) is 6.08 Å². The second-order valence-corrected chi connectivity index (χ2v) is 8.55. The Morgan fingerprint density at radius 2 is 1.69 bits per heavy atom. The van der Waals surface area contributed by atoms with Crippen molar-refractivity contribution >= 4 is 45.5 Å². The van der Waals surface area contributed by atoms with E-state index in [0.717, 1.165) is 10.5 Å². The summed E-state index contributed by atoms with van der Waals surface area (Å²) in [6.45, 7) is 2.61. The summed E-state index contributed by atoms with van der Waals surface area (Å²) >= 11 is 3.42. The Bertz CT molecular complexity index is 1320. The summed E-state index contributed by atoms with van der Waals surface area (Å²) in [7, 11) is 1.51. The summed E-state index contributed by atoms with van der Waals surface area (Å²) in [5.41, 5.74) is 1.63. The quantitative estimate of drug-likeness (QED) is 0.309. The van der Waals surface area contributed by atoms with E-state index in [0.29, 0.717) is 46.2 Å². The van der Waals surface area contributed by atoms with Crippen molar-refractivity contribution in [1.82, 2.24) is 5.32 Å². The lowest BCUT2D eigenvalue weighted by Gasteiger charge is -2.26. The third kappa shape index (κ3) is 5.41. The number of barbiturate groups is 1. The molecule has 1 N–H and O–H groups in total. The number of ether oxygens (including phenoxy) is 3.